The molecule has 2 aromatic carbocycles. The summed E-state index contributed by atoms with van der Waals surface area (Å²) in [6.07, 6.45) is 1.74. The SMILES string of the molecule is O=C(Nc1ccoc1C(=O)N1CCC[C@H](C(=O)O)C1)OCC1c2ccccc2-c2ccccc21. The van der Waals surface area contributed by atoms with Crippen LogP contribution in [0.25, 0.3) is 11.1 Å². The van der Waals surface area contributed by atoms with E-state index in [1.807, 2.05) is 36.4 Å². The van der Waals surface area contributed by atoms with E-state index in [1.165, 1.54) is 17.2 Å². The second-order valence-electron chi connectivity index (χ2n) is 8.54. The van der Waals surface area contributed by atoms with Crippen molar-refractivity contribution in [3.63, 3.8) is 0 Å². The molecule has 8 heteroatoms. The highest BCUT2D eigenvalue weighted by molar-refractivity contribution is 6.00. The first-order chi connectivity index (χ1) is 16.5. The van der Waals surface area contributed by atoms with E-state index >= 15 is 0 Å². The molecule has 0 spiro atoms. The molecule has 34 heavy (non-hydrogen) atoms. The Morgan fingerprint density at radius 1 is 1.03 bits per heavy atom. The van der Waals surface area contributed by atoms with Gasteiger partial charge in [0, 0.05) is 25.1 Å². The predicted octanol–water partition coefficient (Wildman–Crippen LogP) is 4.58. The van der Waals surface area contributed by atoms with Gasteiger partial charge in [0.1, 0.15) is 6.61 Å². The van der Waals surface area contributed by atoms with Crippen molar-refractivity contribution in [2.75, 3.05) is 25.0 Å². The minimum absolute atomic E-state index is 0.0421. The molecule has 1 saturated heterocycles. The fourth-order valence-corrected chi connectivity index (χ4v) is 4.82. The number of carbonyl (C=O) groups is 3. The van der Waals surface area contributed by atoms with Gasteiger partial charge >= 0.3 is 12.1 Å². The van der Waals surface area contributed by atoms with Gasteiger partial charge in [-0.25, -0.2) is 4.79 Å². The van der Waals surface area contributed by atoms with Gasteiger partial charge in [0.25, 0.3) is 5.91 Å². The third kappa shape index (κ3) is 4.03. The van der Waals surface area contributed by atoms with Crippen LogP contribution in [0.3, 0.4) is 0 Å². The molecule has 1 aromatic heterocycles. The summed E-state index contributed by atoms with van der Waals surface area (Å²) in [5, 5.41) is 11.9. The Kier molecular flexibility index (Phi) is 5.79. The lowest BCUT2D eigenvalue weighted by Gasteiger charge is -2.30. The quantitative estimate of drug-likeness (QED) is 0.577. The number of amides is 2. The number of rotatable bonds is 5. The highest BCUT2D eigenvalue weighted by Crippen LogP contribution is 2.44. The molecule has 0 unspecified atom stereocenters. The zero-order valence-corrected chi connectivity index (χ0v) is 18.4. The average Bonchev–Trinajstić information content (AvgIpc) is 3.44. The van der Waals surface area contributed by atoms with Gasteiger partial charge in [-0.1, -0.05) is 48.5 Å². The van der Waals surface area contributed by atoms with E-state index in [1.54, 1.807) is 0 Å². The topological polar surface area (TPSA) is 109 Å². The Balaban J connectivity index is 1.25. The summed E-state index contributed by atoms with van der Waals surface area (Å²) >= 11 is 0. The largest absolute Gasteiger partial charge is 0.481 e. The van der Waals surface area contributed by atoms with Crippen molar-refractivity contribution in [3.05, 3.63) is 77.7 Å². The molecule has 1 aliphatic carbocycles. The van der Waals surface area contributed by atoms with E-state index in [4.69, 9.17) is 9.15 Å². The van der Waals surface area contributed by atoms with Crippen molar-refractivity contribution in [2.45, 2.75) is 18.8 Å². The Hall–Kier alpha value is -4.07. The van der Waals surface area contributed by atoms with Gasteiger partial charge in [-0.2, -0.15) is 0 Å². The fourth-order valence-electron chi connectivity index (χ4n) is 4.82. The first kappa shape index (κ1) is 21.8. The molecule has 2 amide bonds. The van der Waals surface area contributed by atoms with Crippen molar-refractivity contribution in [2.24, 2.45) is 5.92 Å². The minimum atomic E-state index is -0.922. The van der Waals surface area contributed by atoms with E-state index < -0.39 is 23.9 Å². The normalized spacial score (nSPS) is 17.1. The number of furan rings is 1. The minimum Gasteiger partial charge on any atom is -0.481 e. The van der Waals surface area contributed by atoms with E-state index in [-0.39, 0.29) is 30.5 Å². The highest BCUT2D eigenvalue weighted by Gasteiger charge is 2.32. The number of likely N-dealkylation sites (tertiary alicyclic amines) is 1. The molecule has 0 radical (unpaired) electrons. The number of piperidine rings is 1. The van der Waals surface area contributed by atoms with Crippen LogP contribution in [-0.2, 0) is 9.53 Å². The van der Waals surface area contributed by atoms with Crippen LogP contribution in [0.5, 0.6) is 0 Å². The number of fused-ring (bicyclic) bond motifs is 3. The Morgan fingerprint density at radius 3 is 2.38 bits per heavy atom. The Labute approximate surface area is 196 Å². The summed E-state index contributed by atoms with van der Waals surface area (Å²) in [5.74, 6) is -2.10. The number of aliphatic carboxylic acids is 1. The first-order valence-electron chi connectivity index (χ1n) is 11.2. The first-order valence-corrected chi connectivity index (χ1v) is 11.2. The van der Waals surface area contributed by atoms with Crippen LogP contribution in [-0.4, -0.2) is 47.7 Å². The summed E-state index contributed by atoms with van der Waals surface area (Å²) in [5.41, 5.74) is 4.68. The Bertz CT molecular complexity index is 1200. The zero-order chi connectivity index (χ0) is 23.7. The number of benzene rings is 2. The molecule has 2 aliphatic rings. The Morgan fingerprint density at radius 2 is 1.71 bits per heavy atom. The van der Waals surface area contributed by atoms with Crippen molar-refractivity contribution in [3.8, 4) is 11.1 Å². The van der Waals surface area contributed by atoms with Gasteiger partial charge in [0.05, 0.1) is 17.9 Å². The second-order valence-corrected chi connectivity index (χ2v) is 8.54. The lowest BCUT2D eigenvalue weighted by molar-refractivity contribution is -0.143. The summed E-state index contributed by atoms with van der Waals surface area (Å²) in [4.78, 5) is 38.3. The van der Waals surface area contributed by atoms with Crippen molar-refractivity contribution in [1.82, 2.24) is 4.90 Å². The maximum absolute atomic E-state index is 12.9. The van der Waals surface area contributed by atoms with Crippen molar-refractivity contribution in [1.29, 1.82) is 0 Å². The molecular formula is C26H24N2O6. The highest BCUT2D eigenvalue weighted by atomic mass is 16.5. The number of ether oxygens (including phenoxy) is 1. The molecule has 0 bridgehead atoms. The summed E-state index contributed by atoms with van der Waals surface area (Å²) in [7, 11) is 0. The van der Waals surface area contributed by atoms with Crippen LogP contribution >= 0.6 is 0 Å². The average molecular weight is 460 g/mol. The molecule has 8 nitrogen and oxygen atoms in total. The zero-order valence-electron chi connectivity index (χ0n) is 18.4. The third-order valence-corrected chi connectivity index (χ3v) is 6.50. The number of carboxylic acid groups (broad SMARTS) is 1. The van der Waals surface area contributed by atoms with Gasteiger partial charge in [-0.15, -0.1) is 0 Å². The van der Waals surface area contributed by atoms with Crippen LogP contribution < -0.4 is 5.32 Å². The fraction of sp³-hybridized carbons (Fsp3) is 0.269. The number of nitrogens with zero attached hydrogens (tertiary/aromatic N) is 1. The van der Waals surface area contributed by atoms with Crippen molar-refractivity contribution >= 4 is 23.7 Å². The van der Waals surface area contributed by atoms with Crippen molar-refractivity contribution < 1.29 is 28.6 Å². The number of hydrogen-bond acceptors (Lipinski definition) is 5. The van der Waals surface area contributed by atoms with Gasteiger partial charge in [0.15, 0.2) is 0 Å². The number of nitrogens with one attached hydrogen (secondary N) is 1. The second kappa shape index (κ2) is 9.05. The van der Waals surface area contributed by atoms with E-state index in [2.05, 4.69) is 17.4 Å². The summed E-state index contributed by atoms with van der Waals surface area (Å²) in [6.45, 7) is 0.695. The third-order valence-electron chi connectivity index (χ3n) is 6.50. The summed E-state index contributed by atoms with van der Waals surface area (Å²) < 4.78 is 10.9. The van der Waals surface area contributed by atoms with Gasteiger partial charge in [-0.05, 0) is 35.1 Å². The molecule has 1 fully saturated rings. The smallest absolute Gasteiger partial charge is 0.411 e. The molecule has 2 N–H and O–H groups in total. The molecule has 2 heterocycles. The number of anilines is 1. The molecular weight excluding hydrogens is 436 g/mol. The van der Waals surface area contributed by atoms with Gasteiger partial charge < -0.3 is 19.2 Å². The van der Waals surface area contributed by atoms with Crippen LogP contribution in [0.1, 0.15) is 40.4 Å². The molecule has 174 valence electrons. The van der Waals surface area contributed by atoms with Crippen LogP contribution in [0.15, 0.2) is 65.3 Å². The molecule has 1 atom stereocenters. The van der Waals surface area contributed by atoms with Gasteiger partial charge in [0.2, 0.25) is 5.76 Å². The standard InChI is InChI=1S/C26H24N2O6/c29-24(28-12-5-6-16(14-28)25(30)31)23-22(11-13-33-23)27-26(32)34-15-21-19-9-3-1-7-17(19)18-8-2-4-10-20(18)21/h1-4,7-11,13,16,21H,5-6,12,14-15H2,(H,27,32)(H,30,31)/t16-/m0/s1. The summed E-state index contributed by atoms with van der Waals surface area (Å²) in [6, 6.07) is 17.6. The number of carboxylic acids is 1. The van der Waals surface area contributed by atoms with E-state index in [9.17, 15) is 19.5 Å². The lowest BCUT2D eigenvalue weighted by atomic mass is 9.98. The number of hydrogen-bond donors (Lipinski definition) is 2. The number of carbonyl (C=O) groups excluding carboxylic acids is 2. The monoisotopic (exact) mass is 460 g/mol. The lowest BCUT2D eigenvalue weighted by Crippen LogP contribution is -2.42. The predicted molar refractivity (Wildman–Crippen MR) is 124 cm³/mol. The molecule has 3 aromatic rings. The maximum atomic E-state index is 12.9. The molecule has 1 aliphatic heterocycles. The molecule has 0 saturated carbocycles. The van der Waals surface area contributed by atoms with E-state index in [0.29, 0.717) is 19.4 Å². The molecule has 5 rings (SSSR count). The van der Waals surface area contributed by atoms with Gasteiger partial charge in [-0.3, -0.25) is 14.9 Å². The van der Waals surface area contributed by atoms with Crippen LogP contribution in [0.2, 0.25) is 0 Å². The van der Waals surface area contributed by atoms with Crippen LogP contribution in [0.4, 0.5) is 10.5 Å². The van der Waals surface area contributed by atoms with E-state index in [0.717, 1.165) is 22.3 Å². The van der Waals surface area contributed by atoms with Crippen LogP contribution in [0, 0.1) is 5.92 Å². The maximum Gasteiger partial charge on any atom is 0.411 e.